The Balaban J connectivity index is 1.91. The van der Waals surface area contributed by atoms with Gasteiger partial charge in [0.15, 0.2) is 11.6 Å². The van der Waals surface area contributed by atoms with Crippen molar-refractivity contribution in [3.63, 3.8) is 0 Å². The van der Waals surface area contributed by atoms with Gasteiger partial charge in [0.25, 0.3) is 0 Å². The van der Waals surface area contributed by atoms with E-state index in [2.05, 4.69) is 17.2 Å². The van der Waals surface area contributed by atoms with Crippen molar-refractivity contribution >= 4 is 12.1 Å². The lowest BCUT2D eigenvalue weighted by atomic mass is 10.1. The normalized spacial score (nSPS) is 9.68. The number of alkyl carbamates (subject to hydrolysis) is 1. The molecule has 2 aromatic carbocycles. The summed E-state index contributed by atoms with van der Waals surface area (Å²) >= 11 is 0. The van der Waals surface area contributed by atoms with Crippen LogP contribution in [0.4, 0.5) is 13.6 Å². The smallest absolute Gasteiger partial charge is 0.408 e. The minimum Gasteiger partial charge on any atom is -0.478 e. The molecule has 2 N–H and O–H groups in total. The summed E-state index contributed by atoms with van der Waals surface area (Å²) in [7, 11) is 0. The van der Waals surface area contributed by atoms with Crippen LogP contribution in [0.5, 0.6) is 0 Å². The molecule has 0 saturated heterocycles. The van der Waals surface area contributed by atoms with E-state index in [4.69, 9.17) is 9.84 Å². The molecule has 0 aliphatic heterocycles. The van der Waals surface area contributed by atoms with Gasteiger partial charge < -0.3 is 15.2 Å². The second-order valence-electron chi connectivity index (χ2n) is 4.83. The fourth-order valence-electron chi connectivity index (χ4n) is 1.86. The first-order valence-corrected chi connectivity index (χ1v) is 7.13. The van der Waals surface area contributed by atoms with E-state index < -0.39 is 29.3 Å². The topological polar surface area (TPSA) is 75.6 Å². The second-order valence-corrected chi connectivity index (χ2v) is 4.83. The van der Waals surface area contributed by atoms with Gasteiger partial charge in [-0.2, -0.15) is 0 Å². The summed E-state index contributed by atoms with van der Waals surface area (Å²) in [4.78, 5) is 22.5. The first-order valence-electron chi connectivity index (χ1n) is 7.13. The highest BCUT2D eigenvalue weighted by Crippen LogP contribution is 2.14. The number of benzene rings is 2. The SMILES string of the molecule is O=C(NCC#Cc1cc(F)c(F)cc1C(=O)O)OCc1ccccc1. The predicted molar refractivity (Wildman–Crippen MR) is 84.8 cm³/mol. The Labute approximate surface area is 142 Å². The fourth-order valence-corrected chi connectivity index (χ4v) is 1.86. The number of carbonyl (C=O) groups is 2. The van der Waals surface area contributed by atoms with Crippen molar-refractivity contribution in [3.8, 4) is 11.8 Å². The van der Waals surface area contributed by atoms with E-state index in [0.29, 0.717) is 12.1 Å². The molecule has 0 fully saturated rings. The number of ether oxygens (including phenoxy) is 1. The summed E-state index contributed by atoms with van der Waals surface area (Å²) < 4.78 is 31.2. The lowest BCUT2D eigenvalue weighted by Crippen LogP contribution is -2.24. The fraction of sp³-hybridized carbons (Fsp3) is 0.111. The van der Waals surface area contributed by atoms with Crippen molar-refractivity contribution in [2.24, 2.45) is 0 Å². The number of amides is 1. The summed E-state index contributed by atoms with van der Waals surface area (Å²) in [6.07, 6.45) is -0.707. The summed E-state index contributed by atoms with van der Waals surface area (Å²) in [5.74, 6) is 0.934. The van der Waals surface area contributed by atoms with Crippen LogP contribution in [0, 0.1) is 23.5 Å². The van der Waals surface area contributed by atoms with Crippen molar-refractivity contribution in [2.45, 2.75) is 6.61 Å². The van der Waals surface area contributed by atoms with Gasteiger partial charge in [-0.05, 0) is 17.7 Å². The van der Waals surface area contributed by atoms with Crippen molar-refractivity contribution in [1.82, 2.24) is 5.32 Å². The standard InChI is InChI=1S/C18H13F2NO4/c19-15-9-13(14(17(22)23)10-16(15)20)7-4-8-21-18(24)25-11-12-5-2-1-3-6-12/h1-3,5-6,9-10H,8,11H2,(H,21,24)(H,22,23). The summed E-state index contributed by atoms with van der Waals surface area (Å²) in [5, 5.41) is 11.3. The van der Waals surface area contributed by atoms with Crippen molar-refractivity contribution in [2.75, 3.05) is 6.54 Å². The molecule has 0 unspecified atom stereocenters. The molecule has 5 nitrogen and oxygen atoms in total. The van der Waals surface area contributed by atoms with Crippen LogP contribution < -0.4 is 5.32 Å². The van der Waals surface area contributed by atoms with E-state index in [-0.39, 0.29) is 18.7 Å². The van der Waals surface area contributed by atoms with Crippen molar-refractivity contribution in [1.29, 1.82) is 0 Å². The van der Waals surface area contributed by atoms with Gasteiger partial charge in [0.2, 0.25) is 0 Å². The number of carboxylic acids is 1. The molecule has 2 aromatic rings. The molecular formula is C18H13F2NO4. The molecular weight excluding hydrogens is 332 g/mol. The predicted octanol–water partition coefficient (Wildman–Crippen LogP) is 2.94. The molecule has 0 radical (unpaired) electrons. The minimum atomic E-state index is -1.43. The number of hydrogen-bond donors (Lipinski definition) is 2. The van der Waals surface area contributed by atoms with E-state index in [1.807, 2.05) is 18.2 Å². The number of aromatic carboxylic acids is 1. The molecule has 0 heterocycles. The molecule has 0 spiro atoms. The van der Waals surface area contributed by atoms with Crippen LogP contribution in [0.1, 0.15) is 21.5 Å². The van der Waals surface area contributed by atoms with E-state index in [1.54, 1.807) is 12.1 Å². The average molecular weight is 345 g/mol. The molecule has 0 aliphatic rings. The van der Waals surface area contributed by atoms with Crippen LogP contribution in [0.25, 0.3) is 0 Å². The monoisotopic (exact) mass is 345 g/mol. The number of carbonyl (C=O) groups excluding carboxylic acids is 1. The van der Waals surface area contributed by atoms with Crippen molar-refractivity contribution in [3.05, 3.63) is 70.8 Å². The van der Waals surface area contributed by atoms with Crippen LogP contribution in [-0.2, 0) is 11.3 Å². The number of nitrogens with one attached hydrogen (secondary N) is 1. The Bertz CT molecular complexity index is 841. The van der Waals surface area contributed by atoms with Crippen LogP contribution in [-0.4, -0.2) is 23.7 Å². The maximum atomic E-state index is 13.2. The Morgan fingerprint density at radius 3 is 2.48 bits per heavy atom. The molecule has 0 atom stereocenters. The number of halogens is 2. The van der Waals surface area contributed by atoms with Gasteiger partial charge in [-0.1, -0.05) is 42.2 Å². The zero-order valence-electron chi connectivity index (χ0n) is 12.9. The summed E-state index contributed by atoms with van der Waals surface area (Å²) in [5.41, 5.74) is 0.167. The Morgan fingerprint density at radius 2 is 1.80 bits per heavy atom. The van der Waals surface area contributed by atoms with Gasteiger partial charge in [-0.3, -0.25) is 0 Å². The molecule has 0 bridgehead atoms. The highest BCUT2D eigenvalue weighted by Gasteiger charge is 2.13. The third-order valence-corrected chi connectivity index (χ3v) is 3.05. The van der Waals surface area contributed by atoms with Gasteiger partial charge in [0, 0.05) is 5.56 Å². The highest BCUT2D eigenvalue weighted by molar-refractivity contribution is 5.90. The van der Waals surface area contributed by atoms with Gasteiger partial charge in [-0.25, -0.2) is 18.4 Å². The molecule has 0 saturated carbocycles. The Morgan fingerprint density at radius 1 is 1.12 bits per heavy atom. The van der Waals surface area contributed by atoms with Crippen LogP contribution in [0.2, 0.25) is 0 Å². The number of rotatable bonds is 4. The minimum absolute atomic E-state index is 0.0897. The quantitative estimate of drug-likeness (QED) is 0.836. The van der Waals surface area contributed by atoms with E-state index in [1.165, 1.54) is 0 Å². The largest absolute Gasteiger partial charge is 0.478 e. The number of carboxylic acid groups (broad SMARTS) is 1. The molecule has 0 aliphatic carbocycles. The third-order valence-electron chi connectivity index (χ3n) is 3.05. The summed E-state index contributed by atoms with van der Waals surface area (Å²) in [6, 6.07) is 10.3. The zero-order valence-corrected chi connectivity index (χ0v) is 12.9. The lowest BCUT2D eigenvalue weighted by Gasteiger charge is -2.04. The Hall–Kier alpha value is -3.40. The third kappa shape index (κ3) is 5.32. The molecule has 0 aromatic heterocycles. The summed E-state index contributed by atoms with van der Waals surface area (Å²) in [6.45, 7) is -0.0574. The van der Waals surface area contributed by atoms with E-state index in [0.717, 1.165) is 5.56 Å². The first-order chi connectivity index (χ1) is 12.0. The Kier molecular flexibility index (Phi) is 6.07. The maximum Gasteiger partial charge on any atom is 0.408 e. The van der Waals surface area contributed by atoms with Crippen LogP contribution >= 0.6 is 0 Å². The molecule has 25 heavy (non-hydrogen) atoms. The first kappa shape index (κ1) is 17.9. The van der Waals surface area contributed by atoms with Crippen LogP contribution in [0.3, 0.4) is 0 Å². The van der Waals surface area contributed by atoms with Gasteiger partial charge in [0.05, 0.1) is 12.1 Å². The molecule has 2 rings (SSSR count). The lowest BCUT2D eigenvalue weighted by molar-refractivity contribution is 0.0696. The molecule has 1 amide bonds. The highest BCUT2D eigenvalue weighted by atomic mass is 19.2. The van der Waals surface area contributed by atoms with Gasteiger partial charge in [0.1, 0.15) is 6.61 Å². The van der Waals surface area contributed by atoms with Gasteiger partial charge >= 0.3 is 12.1 Å². The molecule has 128 valence electrons. The zero-order chi connectivity index (χ0) is 18.2. The van der Waals surface area contributed by atoms with E-state index >= 15 is 0 Å². The molecule has 7 heteroatoms. The van der Waals surface area contributed by atoms with E-state index in [9.17, 15) is 18.4 Å². The average Bonchev–Trinajstić information content (AvgIpc) is 2.60. The van der Waals surface area contributed by atoms with Crippen molar-refractivity contribution < 1.29 is 28.2 Å². The van der Waals surface area contributed by atoms with Crippen LogP contribution in [0.15, 0.2) is 42.5 Å². The van der Waals surface area contributed by atoms with Gasteiger partial charge in [-0.15, -0.1) is 0 Å². The number of hydrogen-bond acceptors (Lipinski definition) is 3. The maximum absolute atomic E-state index is 13.2. The second kappa shape index (κ2) is 8.45.